The number of amides is 1. The van der Waals surface area contributed by atoms with Gasteiger partial charge in [0.1, 0.15) is 13.2 Å². The number of carbonyl (C=O) groups excluding carboxylic acids is 2. The second-order valence-corrected chi connectivity index (χ2v) is 7.71. The van der Waals surface area contributed by atoms with E-state index < -0.39 is 12.1 Å². The van der Waals surface area contributed by atoms with E-state index in [-0.39, 0.29) is 25.2 Å². The van der Waals surface area contributed by atoms with Gasteiger partial charge < -0.3 is 14.8 Å². The molecule has 3 aromatic rings. The first kappa shape index (κ1) is 21.4. The summed E-state index contributed by atoms with van der Waals surface area (Å²) in [6, 6.07) is 25.5. The lowest BCUT2D eigenvalue weighted by atomic mass is 9.98. The van der Waals surface area contributed by atoms with Crippen LogP contribution in [0, 0.1) is 0 Å². The number of hydrogen-bond donors (Lipinski definition) is 1. The maximum Gasteiger partial charge on any atom is 0.407 e. The van der Waals surface area contributed by atoms with Crippen molar-refractivity contribution >= 4 is 12.1 Å². The van der Waals surface area contributed by atoms with E-state index in [0.29, 0.717) is 0 Å². The summed E-state index contributed by atoms with van der Waals surface area (Å²) in [7, 11) is 0. The molecule has 0 spiro atoms. The van der Waals surface area contributed by atoms with E-state index in [0.717, 1.165) is 16.7 Å². The highest BCUT2D eigenvalue weighted by Crippen LogP contribution is 2.44. The highest BCUT2D eigenvalue weighted by atomic mass is 16.5. The molecule has 5 nitrogen and oxygen atoms in total. The van der Waals surface area contributed by atoms with Gasteiger partial charge in [-0.05, 0) is 34.7 Å². The van der Waals surface area contributed by atoms with Crippen LogP contribution in [0.4, 0.5) is 4.79 Å². The summed E-state index contributed by atoms with van der Waals surface area (Å²) in [5.41, 5.74) is 5.61. The monoisotopic (exact) mass is 427 g/mol. The quantitative estimate of drug-likeness (QED) is 0.415. The minimum atomic E-state index is -0.526. The molecule has 1 aliphatic carbocycles. The van der Waals surface area contributed by atoms with Gasteiger partial charge in [0, 0.05) is 18.0 Å². The fourth-order valence-corrected chi connectivity index (χ4v) is 3.87. The average molecular weight is 428 g/mol. The molecular formula is C27H25NO4. The second kappa shape index (κ2) is 9.96. The number of benzene rings is 3. The molecule has 1 atom stereocenters. The number of ether oxygens (including phenoxy) is 2. The van der Waals surface area contributed by atoms with Crippen LogP contribution in [-0.2, 0) is 20.9 Å². The van der Waals surface area contributed by atoms with Crippen LogP contribution >= 0.6 is 0 Å². The maximum absolute atomic E-state index is 12.3. The van der Waals surface area contributed by atoms with E-state index in [4.69, 9.17) is 9.47 Å². The van der Waals surface area contributed by atoms with Crippen LogP contribution in [0.1, 0.15) is 29.5 Å². The minimum absolute atomic E-state index is 0.00645. The number of esters is 1. The van der Waals surface area contributed by atoms with Gasteiger partial charge in [-0.3, -0.25) is 0 Å². The topological polar surface area (TPSA) is 64.6 Å². The standard InChI is InChI=1S/C27H25NO4/c1-19(15-16-26(29)31-17-20-9-3-2-4-10-20)28-27(30)32-18-25-23-13-7-5-11-21(23)22-12-6-8-14-24(22)25/h2-16,19,25H,17-18H2,1H3,(H,28,30)/b16-15+/t19-/m0/s1. The Bertz CT molecular complexity index is 1080. The molecule has 0 aliphatic heterocycles. The largest absolute Gasteiger partial charge is 0.458 e. The number of fused-ring (bicyclic) bond motifs is 3. The normalized spacial score (nSPS) is 13.3. The molecule has 0 radical (unpaired) electrons. The molecule has 0 saturated carbocycles. The Kier molecular flexibility index (Phi) is 6.66. The van der Waals surface area contributed by atoms with E-state index in [1.165, 1.54) is 17.2 Å². The third kappa shape index (κ3) is 5.06. The smallest absolute Gasteiger partial charge is 0.407 e. The molecule has 162 valence electrons. The average Bonchev–Trinajstić information content (AvgIpc) is 3.14. The number of alkyl carbamates (subject to hydrolysis) is 1. The molecule has 0 unspecified atom stereocenters. The fraction of sp³-hybridized carbons (Fsp3) is 0.185. The van der Waals surface area contributed by atoms with Crippen molar-refractivity contribution in [1.82, 2.24) is 5.32 Å². The molecule has 5 heteroatoms. The van der Waals surface area contributed by atoms with E-state index in [1.54, 1.807) is 13.0 Å². The minimum Gasteiger partial charge on any atom is -0.458 e. The van der Waals surface area contributed by atoms with Crippen LogP contribution in [0.3, 0.4) is 0 Å². The van der Waals surface area contributed by atoms with Gasteiger partial charge in [0.2, 0.25) is 0 Å². The van der Waals surface area contributed by atoms with Crippen LogP contribution in [-0.4, -0.2) is 24.7 Å². The Morgan fingerprint density at radius 1 is 0.875 bits per heavy atom. The highest BCUT2D eigenvalue weighted by Gasteiger charge is 2.29. The van der Waals surface area contributed by atoms with Crippen LogP contribution in [0.25, 0.3) is 11.1 Å². The van der Waals surface area contributed by atoms with Gasteiger partial charge in [-0.25, -0.2) is 9.59 Å². The molecule has 0 saturated heterocycles. The number of rotatable bonds is 7. The molecule has 0 bridgehead atoms. The first-order valence-corrected chi connectivity index (χ1v) is 10.6. The highest BCUT2D eigenvalue weighted by molar-refractivity contribution is 5.82. The van der Waals surface area contributed by atoms with Crippen molar-refractivity contribution in [3.05, 3.63) is 108 Å². The Hall–Kier alpha value is -3.86. The molecule has 0 fully saturated rings. The zero-order valence-electron chi connectivity index (χ0n) is 17.9. The fourth-order valence-electron chi connectivity index (χ4n) is 3.87. The summed E-state index contributed by atoms with van der Waals surface area (Å²) in [6.45, 7) is 2.22. The van der Waals surface area contributed by atoms with Gasteiger partial charge in [0.15, 0.2) is 0 Å². The zero-order chi connectivity index (χ0) is 22.3. The van der Waals surface area contributed by atoms with Gasteiger partial charge in [0.25, 0.3) is 0 Å². The first-order valence-electron chi connectivity index (χ1n) is 10.6. The van der Waals surface area contributed by atoms with E-state index in [2.05, 4.69) is 29.6 Å². The van der Waals surface area contributed by atoms with Gasteiger partial charge in [-0.15, -0.1) is 0 Å². The van der Waals surface area contributed by atoms with E-state index in [9.17, 15) is 9.59 Å². The van der Waals surface area contributed by atoms with Crippen LogP contribution in [0.15, 0.2) is 91.0 Å². The summed E-state index contributed by atoms with van der Waals surface area (Å²) in [5, 5.41) is 2.73. The molecule has 0 heterocycles. The summed E-state index contributed by atoms with van der Waals surface area (Å²) >= 11 is 0. The SMILES string of the molecule is C[C@@H](/C=C/C(=O)OCc1ccccc1)NC(=O)OCC1c2ccccc2-c2ccccc21. The van der Waals surface area contributed by atoms with Crippen molar-refractivity contribution in [2.45, 2.75) is 25.5 Å². The molecular weight excluding hydrogens is 402 g/mol. The van der Waals surface area contributed by atoms with Crippen molar-refractivity contribution in [3.8, 4) is 11.1 Å². The second-order valence-electron chi connectivity index (χ2n) is 7.71. The van der Waals surface area contributed by atoms with Gasteiger partial charge in [-0.2, -0.15) is 0 Å². The molecule has 1 aliphatic rings. The predicted octanol–water partition coefficient (Wildman–Crippen LogP) is 5.21. The van der Waals surface area contributed by atoms with Crippen molar-refractivity contribution in [3.63, 3.8) is 0 Å². The summed E-state index contributed by atoms with van der Waals surface area (Å²) in [6.07, 6.45) is 2.37. The Labute approximate surface area is 187 Å². The molecule has 1 amide bonds. The third-order valence-electron chi connectivity index (χ3n) is 5.43. The number of hydrogen-bond acceptors (Lipinski definition) is 4. The summed E-state index contributed by atoms with van der Waals surface area (Å²) < 4.78 is 10.7. The van der Waals surface area contributed by atoms with Crippen molar-refractivity contribution < 1.29 is 19.1 Å². The number of carbonyl (C=O) groups is 2. The van der Waals surface area contributed by atoms with Crippen molar-refractivity contribution in [2.24, 2.45) is 0 Å². The first-order chi connectivity index (χ1) is 15.6. The van der Waals surface area contributed by atoms with Crippen LogP contribution < -0.4 is 5.32 Å². The predicted molar refractivity (Wildman–Crippen MR) is 123 cm³/mol. The van der Waals surface area contributed by atoms with Crippen LogP contribution in [0.2, 0.25) is 0 Å². The Morgan fingerprint density at radius 3 is 2.12 bits per heavy atom. The Balaban J connectivity index is 1.27. The summed E-state index contributed by atoms with van der Waals surface area (Å²) in [4.78, 5) is 24.2. The van der Waals surface area contributed by atoms with Crippen LogP contribution in [0.5, 0.6) is 0 Å². The molecule has 0 aromatic heterocycles. The lowest BCUT2D eigenvalue weighted by molar-refractivity contribution is -0.139. The Morgan fingerprint density at radius 2 is 1.47 bits per heavy atom. The summed E-state index contributed by atoms with van der Waals surface area (Å²) in [5.74, 6) is -0.456. The third-order valence-corrected chi connectivity index (χ3v) is 5.43. The lowest BCUT2D eigenvalue weighted by Crippen LogP contribution is -2.32. The van der Waals surface area contributed by atoms with Crippen molar-refractivity contribution in [1.29, 1.82) is 0 Å². The van der Waals surface area contributed by atoms with Gasteiger partial charge in [-0.1, -0.05) is 84.9 Å². The zero-order valence-corrected chi connectivity index (χ0v) is 17.9. The van der Waals surface area contributed by atoms with E-state index in [1.807, 2.05) is 54.6 Å². The maximum atomic E-state index is 12.3. The molecule has 3 aromatic carbocycles. The molecule has 4 rings (SSSR count). The van der Waals surface area contributed by atoms with Gasteiger partial charge >= 0.3 is 12.1 Å². The van der Waals surface area contributed by atoms with Crippen molar-refractivity contribution in [2.75, 3.05) is 6.61 Å². The number of nitrogens with one attached hydrogen (secondary N) is 1. The molecule has 32 heavy (non-hydrogen) atoms. The lowest BCUT2D eigenvalue weighted by Gasteiger charge is -2.16. The van der Waals surface area contributed by atoms with Gasteiger partial charge in [0.05, 0.1) is 0 Å². The molecule has 1 N–H and O–H groups in total. The van der Waals surface area contributed by atoms with E-state index >= 15 is 0 Å².